The van der Waals surface area contributed by atoms with E-state index in [0.29, 0.717) is 25.2 Å². The lowest BCUT2D eigenvalue weighted by atomic mass is 9.94. The molecule has 1 aromatic carbocycles. The first-order valence-corrected chi connectivity index (χ1v) is 11.6. The van der Waals surface area contributed by atoms with Gasteiger partial charge >= 0.3 is 0 Å². The molecule has 2 aliphatic heterocycles. The zero-order valence-corrected chi connectivity index (χ0v) is 19.2. The number of rotatable bonds is 5. The molecule has 0 radical (unpaired) electrons. The number of carbonyl (C=O) groups is 1. The fourth-order valence-electron chi connectivity index (χ4n) is 4.90. The van der Waals surface area contributed by atoms with Crippen molar-refractivity contribution in [2.24, 2.45) is 7.05 Å². The van der Waals surface area contributed by atoms with Crippen molar-refractivity contribution in [1.82, 2.24) is 24.6 Å². The molecule has 0 atom stereocenters. The Balaban J connectivity index is 1.35. The minimum Gasteiger partial charge on any atom is -0.297 e. The first-order valence-electron chi connectivity index (χ1n) is 11.6. The summed E-state index contributed by atoms with van der Waals surface area (Å²) in [5.74, 6) is 1.53. The van der Waals surface area contributed by atoms with Crippen molar-refractivity contribution < 1.29 is 9.18 Å². The second-order valence-corrected chi connectivity index (χ2v) is 9.08. The number of hydrogen-bond acceptors (Lipinski definition) is 5. The molecule has 3 aromatic rings. The molecule has 0 unspecified atom stereocenters. The zero-order valence-electron chi connectivity index (χ0n) is 19.2. The maximum atomic E-state index is 13.7. The minimum atomic E-state index is -0.297. The molecule has 2 aromatic heterocycles. The van der Waals surface area contributed by atoms with E-state index in [1.807, 2.05) is 30.9 Å². The summed E-state index contributed by atoms with van der Waals surface area (Å²) in [5.41, 5.74) is 3.95. The number of halogens is 1. The van der Waals surface area contributed by atoms with Crippen LogP contribution in [-0.2, 0) is 31.4 Å². The summed E-state index contributed by atoms with van der Waals surface area (Å²) in [4.78, 5) is 26.8. The van der Waals surface area contributed by atoms with Crippen LogP contribution in [0.3, 0.4) is 0 Å². The summed E-state index contributed by atoms with van der Waals surface area (Å²) >= 11 is 0. The van der Waals surface area contributed by atoms with Gasteiger partial charge in [0.2, 0.25) is 5.91 Å². The molecule has 1 fully saturated rings. The molecule has 0 saturated carbocycles. The highest BCUT2D eigenvalue weighted by atomic mass is 19.1. The number of likely N-dealkylation sites (tertiary alicyclic amines) is 1. The average Bonchev–Trinajstić information content (AvgIpc) is 3.20. The van der Waals surface area contributed by atoms with Crippen LogP contribution in [0.25, 0.3) is 0 Å². The first-order chi connectivity index (χ1) is 16.0. The highest BCUT2D eigenvalue weighted by Gasteiger charge is 2.31. The van der Waals surface area contributed by atoms with Gasteiger partial charge in [-0.2, -0.15) is 5.10 Å². The van der Waals surface area contributed by atoms with E-state index in [9.17, 15) is 9.18 Å². The molecule has 1 amide bonds. The topological polar surface area (TPSA) is 67.2 Å². The van der Waals surface area contributed by atoms with Crippen LogP contribution >= 0.6 is 0 Å². The van der Waals surface area contributed by atoms with E-state index < -0.39 is 0 Å². The van der Waals surface area contributed by atoms with Gasteiger partial charge in [-0.05, 0) is 63.0 Å². The van der Waals surface area contributed by atoms with Gasteiger partial charge in [0.25, 0.3) is 0 Å². The van der Waals surface area contributed by atoms with Gasteiger partial charge in [-0.1, -0.05) is 12.1 Å². The molecular weight excluding hydrogens is 419 g/mol. The molecule has 1 saturated heterocycles. The number of benzene rings is 1. The van der Waals surface area contributed by atoms with Gasteiger partial charge < -0.3 is 0 Å². The third-order valence-electron chi connectivity index (χ3n) is 6.85. The predicted octanol–water partition coefficient (Wildman–Crippen LogP) is 3.52. The smallest absolute Gasteiger partial charge is 0.228 e. The maximum Gasteiger partial charge on any atom is 0.228 e. The quantitative estimate of drug-likeness (QED) is 0.598. The summed E-state index contributed by atoms with van der Waals surface area (Å²) < 4.78 is 15.6. The van der Waals surface area contributed by atoms with Crippen LogP contribution in [0.2, 0.25) is 0 Å². The van der Waals surface area contributed by atoms with Crippen molar-refractivity contribution in [3.05, 3.63) is 70.7 Å². The Morgan fingerprint density at radius 1 is 1.09 bits per heavy atom. The normalized spacial score (nSPS) is 17.4. The van der Waals surface area contributed by atoms with Crippen molar-refractivity contribution in [1.29, 1.82) is 0 Å². The van der Waals surface area contributed by atoms with Gasteiger partial charge in [-0.15, -0.1) is 0 Å². The van der Waals surface area contributed by atoms with Gasteiger partial charge in [-0.3, -0.25) is 19.3 Å². The van der Waals surface area contributed by atoms with E-state index in [2.05, 4.69) is 16.1 Å². The number of piperidine rings is 1. The van der Waals surface area contributed by atoms with E-state index in [0.717, 1.165) is 55.1 Å². The molecule has 5 rings (SSSR count). The van der Waals surface area contributed by atoms with Crippen molar-refractivity contribution in [2.75, 3.05) is 18.0 Å². The van der Waals surface area contributed by atoms with E-state index >= 15 is 0 Å². The van der Waals surface area contributed by atoms with Gasteiger partial charge in [-0.25, -0.2) is 14.4 Å². The fraction of sp³-hybridized carbons (Fsp3) is 0.440. The van der Waals surface area contributed by atoms with Crippen LogP contribution in [0.4, 0.5) is 10.2 Å². The second-order valence-electron chi connectivity index (χ2n) is 9.08. The number of fused-ring (bicyclic) bond motifs is 1. The summed E-state index contributed by atoms with van der Waals surface area (Å²) in [6.07, 6.45) is 4.88. The molecule has 0 spiro atoms. The first kappa shape index (κ1) is 21.7. The Kier molecular flexibility index (Phi) is 5.93. The summed E-state index contributed by atoms with van der Waals surface area (Å²) in [7, 11) is 1.97. The fourth-order valence-corrected chi connectivity index (χ4v) is 4.90. The predicted molar refractivity (Wildman–Crippen MR) is 123 cm³/mol. The Hall–Kier alpha value is -3.13. The maximum absolute atomic E-state index is 13.7. The van der Waals surface area contributed by atoms with Gasteiger partial charge in [0, 0.05) is 43.4 Å². The Bertz CT molecular complexity index is 1170. The number of amides is 1. The van der Waals surface area contributed by atoms with E-state index in [4.69, 9.17) is 9.97 Å². The van der Waals surface area contributed by atoms with E-state index in [-0.39, 0.29) is 17.6 Å². The Morgan fingerprint density at radius 3 is 2.64 bits per heavy atom. The van der Waals surface area contributed by atoms with Crippen LogP contribution in [-0.4, -0.2) is 43.6 Å². The SMILES string of the molecule is Cc1nc(C2CCN(Cc3ccnn3C)CC2)nc2c1CCC(=O)N2Cc1cccc(F)c1. The van der Waals surface area contributed by atoms with Crippen LogP contribution in [0.15, 0.2) is 36.5 Å². The molecule has 33 heavy (non-hydrogen) atoms. The summed E-state index contributed by atoms with van der Waals surface area (Å²) in [6, 6.07) is 8.48. The standard InChI is InChI=1S/C25H29FN6O/c1-17-22-6-7-23(33)32(15-18-4-3-5-20(26)14-18)25(22)29-24(28-17)19-9-12-31(13-10-19)16-21-8-11-27-30(21)2/h3-5,8,11,14,19H,6-7,9-10,12-13,15-16H2,1-2H3. The Labute approximate surface area is 193 Å². The second kappa shape index (κ2) is 9.02. The lowest BCUT2D eigenvalue weighted by molar-refractivity contribution is -0.119. The molecule has 8 heteroatoms. The van der Waals surface area contributed by atoms with Crippen LogP contribution in [0.5, 0.6) is 0 Å². The molecule has 0 N–H and O–H groups in total. The number of nitrogens with zero attached hydrogens (tertiary/aromatic N) is 6. The van der Waals surface area contributed by atoms with Crippen molar-refractivity contribution in [3.63, 3.8) is 0 Å². The van der Waals surface area contributed by atoms with E-state index in [1.165, 1.54) is 17.8 Å². The number of anilines is 1. The van der Waals surface area contributed by atoms with Gasteiger partial charge in [0.15, 0.2) is 0 Å². The Morgan fingerprint density at radius 2 is 1.91 bits per heavy atom. The number of aryl methyl sites for hydroxylation is 2. The van der Waals surface area contributed by atoms with Gasteiger partial charge in [0.1, 0.15) is 17.5 Å². The van der Waals surface area contributed by atoms with Crippen molar-refractivity contribution >= 4 is 11.7 Å². The third-order valence-corrected chi connectivity index (χ3v) is 6.85. The summed E-state index contributed by atoms with van der Waals surface area (Å²) in [5, 5.41) is 4.26. The largest absolute Gasteiger partial charge is 0.297 e. The van der Waals surface area contributed by atoms with Crippen LogP contribution in [0, 0.1) is 12.7 Å². The lowest BCUT2D eigenvalue weighted by Gasteiger charge is -2.33. The molecule has 0 aliphatic carbocycles. The highest BCUT2D eigenvalue weighted by Crippen LogP contribution is 2.33. The monoisotopic (exact) mass is 448 g/mol. The number of carbonyl (C=O) groups excluding carboxylic acids is 1. The molecule has 0 bridgehead atoms. The molecule has 2 aliphatic rings. The van der Waals surface area contributed by atoms with Crippen LogP contribution < -0.4 is 4.90 Å². The lowest BCUT2D eigenvalue weighted by Crippen LogP contribution is -2.37. The highest BCUT2D eigenvalue weighted by molar-refractivity contribution is 5.95. The minimum absolute atomic E-state index is 0.0295. The third kappa shape index (κ3) is 4.53. The molecular formula is C25H29FN6O. The number of aromatic nitrogens is 4. The number of hydrogen-bond donors (Lipinski definition) is 0. The summed E-state index contributed by atoms with van der Waals surface area (Å²) in [6.45, 7) is 5.17. The van der Waals surface area contributed by atoms with Crippen molar-refractivity contribution in [3.8, 4) is 0 Å². The van der Waals surface area contributed by atoms with Gasteiger partial charge in [0.05, 0.1) is 12.2 Å². The van der Waals surface area contributed by atoms with E-state index in [1.54, 1.807) is 11.0 Å². The molecule has 7 nitrogen and oxygen atoms in total. The zero-order chi connectivity index (χ0) is 22.9. The average molecular weight is 449 g/mol. The molecule has 4 heterocycles. The molecule has 172 valence electrons. The van der Waals surface area contributed by atoms with Crippen LogP contribution in [0.1, 0.15) is 53.5 Å². The van der Waals surface area contributed by atoms with Crippen molar-refractivity contribution in [2.45, 2.75) is 51.6 Å².